The highest BCUT2D eigenvalue weighted by Crippen LogP contribution is 2.36. The van der Waals surface area contributed by atoms with Crippen molar-refractivity contribution in [3.63, 3.8) is 0 Å². The number of aromatic amines is 1. The number of rotatable bonds is 1. The molecule has 2 atom stereocenters. The quantitative estimate of drug-likeness (QED) is 0.844. The van der Waals surface area contributed by atoms with Crippen LogP contribution in [-0.2, 0) is 0 Å². The van der Waals surface area contributed by atoms with Crippen LogP contribution in [0.25, 0.3) is 10.9 Å². The van der Waals surface area contributed by atoms with Crippen LogP contribution in [0.3, 0.4) is 0 Å². The molecule has 3 nitrogen and oxygen atoms in total. The Morgan fingerprint density at radius 2 is 1.95 bits per heavy atom. The number of amides is 1. The first-order chi connectivity index (χ1) is 10.3. The molecule has 1 aliphatic carbocycles. The molecule has 0 unspecified atom stereocenters. The number of likely N-dealkylation sites (tertiary alicyclic amines) is 1. The first-order valence-corrected chi connectivity index (χ1v) is 8.21. The van der Waals surface area contributed by atoms with E-state index in [-0.39, 0.29) is 5.91 Å². The molecule has 2 aliphatic rings. The summed E-state index contributed by atoms with van der Waals surface area (Å²) in [5.74, 6) is 0.974. The second kappa shape index (κ2) is 5.21. The largest absolute Gasteiger partial charge is 0.361 e. The van der Waals surface area contributed by atoms with Crippen molar-refractivity contribution in [2.24, 2.45) is 5.92 Å². The first-order valence-electron chi connectivity index (χ1n) is 8.21. The van der Waals surface area contributed by atoms with Crippen molar-refractivity contribution in [3.05, 3.63) is 36.0 Å². The number of H-pyrrole nitrogens is 1. The fraction of sp³-hybridized carbons (Fsp3) is 0.500. The van der Waals surface area contributed by atoms with Gasteiger partial charge in [0.05, 0.1) is 0 Å². The van der Waals surface area contributed by atoms with Gasteiger partial charge in [-0.1, -0.05) is 12.8 Å². The zero-order valence-corrected chi connectivity index (χ0v) is 12.3. The average molecular weight is 282 g/mol. The molecule has 21 heavy (non-hydrogen) atoms. The van der Waals surface area contributed by atoms with E-state index in [9.17, 15) is 4.79 Å². The second-order valence-corrected chi connectivity index (χ2v) is 6.53. The van der Waals surface area contributed by atoms with E-state index in [1.807, 2.05) is 30.5 Å². The predicted octanol–water partition coefficient (Wildman–Crippen LogP) is 3.96. The fourth-order valence-corrected chi connectivity index (χ4v) is 4.23. The maximum atomic E-state index is 12.9. The Labute approximate surface area is 125 Å². The number of carbonyl (C=O) groups excluding carboxylic acids is 1. The monoisotopic (exact) mass is 282 g/mol. The number of carbonyl (C=O) groups is 1. The summed E-state index contributed by atoms with van der Waals surface area (Å²) in [6.07, 6.45) is 9.54. The predicted molar refractivity (Wildman–Crippen MR) is 84.3 cm³/mol. The minimum atomic E-state index is 0.231. The summed E-state index contributed by atoms with van der Waals surface area (Å²) in [4.78, 5) is 18.3. The molecule has 1 amide bonds. The van der Waals surface area contributed by atoms with E-state index in [2.05, 4.69) is 9.88 Å². The van der Waals surface area contributed by atoms with Crippen LogP contribution < -0.4 is 0 Å². The van der Waals surface area contributed by atoms with Crippen LogP contribution in [0, 0.1) is 5.92 Å². The molecule has 110 valence electrons. The summed E-state index contributed by atoms with van der Waals surface area (Å²) < 4.78 is 0. The van der Waals surface area contributed by atoms with Crippen molar-refractivity contribution in [1.82, 2.24) is 9.88 Å². The Morgan fingerprint density at radius 1 is 1.10 bits per heavy atom. The molecule has 2 heterocycles. The van der Waals surface area contributed by atoms with Gasteiger partial charge in [-0.2, -0.15) is 0 Å². The fourth-order valence-electron chi connectivity index (χ4n) is 4.23. The molecule has 0 spiro atoms. The lowest BCUT2D eigenvalue weighted by Gasteiger charge is -2.44. The SMILES string of the molecule is O=C(c1ccc2[nH]ccc2c1)N1CCC[C@H]2CCCC[C@H]21. The van der Waals surface area contributed by atoms with Gasteiger partial charge in [0.25, 0.3) is 5.91 Å². The van der Waals surface area contributed by atoms with Crippen molar-refractivity contribution in [2.45, 2.75) is 44.6 Å². The van der Waals surface area contributed by atoms with Crippen molar-refractivity contribution in [2.75, 3.05) is 6.54 Å². The van der Waals surface area contributed by atoms with Crippen LogP contribution in [0.1, 0.15) is 48.9 Å². The first kappa shape index (κ1) is 12.9. The van der Waals surface area contributed by atoms with E-state index in [1.54, 1.807) is 0 Å². The van der Waals surface area contributed by atoms with Gasteiger partial charge in [-0.15, -0.1) is 0 Å². The van der Waals surface area contributed by atoms with Gasteiger partial charge in [0.1, 0.15) is 0 Å². The van der Waals surface area contributed by atoms with Crippen LogP contribution in [-0.4, -0.2) is 28.4 Å². The molecule has 0 bridgehead atoms. The Balaban J connectivity index is 1.63. The summed E-state index contributed by atoms with van der Waals surface area (Å²) in [6, 6.07) is 8.53. The molecule has 0 radical (unpaired) electrons. The number of piperidine rings is 1. The molecular weight excluding hydrogens is 260 g/mol. The van der Waals surface area contributed by atoms with Crippen molar-refractivity contribution in [1.29, 1.82) is 0 Å². The topological polar surface area (TPSA) is 36.1 Å². The maximum absolute atomic E-state index is 12.9. The number of nitrogens with one attached hydrogen (secondary N) is 1. The van der Waals surface area contributed by atoms with Gasteiger partial charge in [0, 0.05) is 35.2 Å². The van der Waals surface area contributed by atoms with E-state index in [1.165, 1.54) is 38.5 Å². The highest BCUT2D eigenvalue weighted by Gasteiger charge is 2.35. The van der Waals surface area contributed by atoms with Gasteiger partial charge in [0.15, 0.2) is 0 Å². The van der Waals surface area contributed by atoms with E-state index in [4.69, 9.17) is 0 Å². The van der Waals surface area contributed by atoms with E-state index in [0.717, 1.165) is 28.9 Å². The number of hydrogen-bond donors (Lipinski definition) is 1. The summed E-state index contributed by atoms with van der Waals surface area (Å²) in [5.41, 5.74) is 1.94. The van der Waals surface area contributed by atoms with Crippen molar-refractivity contribution >= 4 is 16.8 Å². The molecule has 4 rings (SSSR count). The maximum Gasteiger partial charge on any atom is 0.254 e. The summed E-state index contributed by atoms with van der Waals surface area (Å²) in [7, 11) is 0. The highest BCUT2D eigenvalue weighted by molar-refractivity contribution is 5.98. The van der Waals surface area contributed by atoms with Gasteiger partial charge in [-0.3, -0.25) is 4.79 Å². The second-order valence-electron chi connectivity index (χ2n) is 6.53. The van der Waals surface area contributed by atoms with Crippen LogP contribution >= 0.6 is 0 Å². The van der Waals surface area contributed by atoms with Gasteiger partial charge >= 0.3 is 0 Å². The van der Waals surface area contributed by atoms with Gasteiger partial charge in [-0.25, -0.2) is 0 Å². The molecule has 1 saturated heterocycles. The minimum Gasteiger partial charge on any atom is -0.361 e. The minimum absolute atomic E-state index is 0.231. The van der Waals surface area contributed by atoms with Crippen molar-refractivity contribution < 1.29 is 4.79 Å². The summed E-state index contributed by atoms with van der Waals surface area (Å²) in [5, 5.41) is 1.12. The molecule has 1 aromatic carbocycles. The molecule has 2 fully saturated rings. The van der Waals surface area contributed by atoms with Crippen LogP contribution in [0.5, 0.6) is 0 Å². The molecule has 1 aliphatic heterocycles. The molecule has 1 saturated carbocycles. The van der Waals surface area contributed by atoms with E-state index in [0.29, 0.717) is 6.04 Å². The van der Waals surface area contributed by atoms with Crippen LogP contribution in [0.15, 0.2) is 30.5 Å². The number of aromatic nitrogens is 1. The summed E-state index contributed by atoms with van der Waals surface area (Å²) >= 11 is 0. The third-order valence-corrected chi connectivity index (χ3v) is 5.30. The molecule has 2 aromatic rings. The van der Waals surface area contributed by atoms with Gasteiger partial charge < -0.3 is 9.88 Å². The molecule has 3 heteroatoms. The molecule has 1 aromatic heterocycles. The van der Waals surface area contributed by atoms with Gasteiger partial charge in [0.2, 0.25) is 0 Å². The number of benzene rings is 1. The smallest absolute Gasteiger partial charge is 0.254 e. The lowest BCUT2D eigenvalue weighted by molar-refractivity contribution is 0.0391. The summed E-state index contributed by atoms with van der Waals surface area (Å²) in [6.45, 7) is 0.936. The van der Waals surface area contributed by atoms with Gasteiger partial charge in [-0.05, 0) is 55.9 Å². The Kier molecular flexibility index (Phi) is 3.21. The average Bonchev–Trinajstić information content (AvgIpc) is 3.01. The zero-order valence-electron chi connectivity index (χ0n) is 12.3. The van der Waals surface area contributed by atoms with Crippen LogP contribution in [0.2, 0.25) is 0 Å². The number of fused-ring (bicyclic) bond motifs is 2. The lowest BCUT2D eigenvalue weighted by Crippen LogP contribution is -2.49. The van der Waals surface area contributed by atoms with E-state index < -0.39 is 0 Å². The zero-order chi connectivity index (χ0) is 14.2. The normalized spacial score (nSPS) is 25.8. The number of hydrogen-bond acceptors (Lipinski definition) is 1. The lowest BCUT2D eigenvalue weighted by atomic mass is 9.78. The van der Waals surface area contributed by atoms with Crippen molar-refractivity contribution in [3.8, 4) is 0 Å². The standard InChI is InChI=1S/C18H22N2O/c21-18(15-7-8-16-14(12-15)9-10-19-16)20-11-3-5-13-4-1-2-6-17(13)20/h7-10,12-13,17,19H,1-6,11H2/t13-,17-/m1/s1. The third-order valence-electron chi connectivity index (χ3n) is 5.30. The Bertz CT molecular complexity index is 658. The Hall–Kier alpha value is -1.77. The number of nitrogens with zero attached hydrogens (tertiary/aromatic N) is 1. The molecular formula is C18H22N2O. The van der Waals surface area contributed by atoms with Crippen LogP contribution in [0.4, 0.5) is 0 Å². The molecule has 1 N–H and O–H groups in total. The van der Waals surface area contributed by atoms with E-state index >= 15 is 0 Å². The Morgan fingerprint density at radius 3 is 2.90 bits per heavy atom. The highest BCUT2D eigenvalue weighted by atomic mass is 16.2. The third kappa shape index (κ3) is 2.25.